The van der Waals surface area contributed by atoms with Gasteiger partial charge in [-0.05, 0) is 38.3 Å². The molecule has 0 saturated carbocycles. The van der Waals surface area contributed by atoms with E-state index in [1.807, 2.05) is 0 Å². The van der Waals surface area contributed by atoms with E-state index in [1.165, 1.54) is 36.8 Å². The molecule has 0 amide bonds. The molecule has 1 aromatic carbocycles. The maximum absolute atomic E-state index is 3.70. The lowest BCUT2D eigenvalue weighted by molar-refractivity contribution is 0.439. The van der Waals surface area contributed by atoms with Crippen molar-refractivity contribution in [3.63, 3.8) is 0 Å². The fourth-order valence-electron chi connectivity index (χ4n) is 2.37. The van der Waals surface area contributed by atoms with E-state index >= 15 is 0 Å². The molecule has 96 valence electrons. The Hall–Kier alpha value is -0.820. The Labute approximate surface area is 107 Å². The Kier molecular flexibility index (Phi) is 6.28. The molecule has 0 bridgehead atoms. The van der Waals surface area contributed by atoms with E-state index in [9.17, 15) is 0 Å². The van der Waals surface area contributed by atoms with Gasteiger partial charge < -0.3 is 5.32 Å². The molecule has 0 aliphatic heterocycles. The largest absolute Gasteiger partial charge is 0.308 e. The van der Waals surface area contributed by atoms with Gasteiger partial charge in [0.05, 0.1) is 0 Å². The highest BCUT2D eigenvalue weighted by Gasteiger charge is 2.10. The van der Waals surface area contributed by atoms with Crippen molar-refractivity contribution in [3.05, 3.63) is 35.4 Å². The average Bonchev–Trinajstić information content (AvgIpc) is 2.29. The van der Waals surface area contributed by atoms with Gasteiger partial charge in [-0.1, -0.05) is 50.5 Å². The molecule has 0 spiro atoms. The number of benzene rings is 1. The highest BCUT2D eigenvalue weighted by atomic mass is 14.9. The van der Waals surface area contributed by atoms with Crippen LogP contribution < -0.4 is 5.32 Å². The lowest BCUT2D eigenvalue weighted by Crippen LogP contribution is -2.29. The van der Waals surface area contributed by atoms with Crippen LogP contribution in [0.15, 0.2) is 24.3 Å². The minimum absolute atomic E-state index is 0.452. The molecule has 0 aliphatic carbocycles. The maximum atomic E-state index is 3.70. The molecule has 0 saturated heterocycles. The van der Waals surface area contributed by atoms with Gasteiger partial charge in [0.2, 0.25) is 0 Å². The highest BCUT2D eigenvalue weighted by Crippen LogP contribution is 2.18. The van der Waals surface area contributed by atoms with Gasteiger partial charge in [-0.2, -0.15) is 0 Å². The Bertz CT molecular complexity index is 319. The fourth-order valence-corrected chi connectivity index (χ4v) is 2.37. The first kappa shape index (κ1) is 14.2. The lowest BCUT2D eigenvalue weighted by Gasteiger charge is -2.21. The lowest BCUT2D eigenvalue weighted by atomic mass is 10.0. The molecule has 0 heterocycles. The van der Waals surface area contributed by atoms with Crippen LogP contribution in [0.2, 0.25) is 0 Å². The van der Waals surface area contributed by atoms with Crippen molar-refractivity contribution in [3.8, 4) is 0 Å². The first-order valence-electron chi connectivity index (χ1n) is 6.96. The number of aryl methyl sites for hydroxylation is 1. The number of unbranched alkanes of at least 4 members (excludes halogenated alkanes) is 2. The molecule has 0 aromatic heterocycles. The summed E-state index contributed by atoms with van der Waals surface area (Å²) in [4.78, 5) is 0. The Morgan fingerprint density at radius 3 is 2.47 bits per heavy atom. The molecular weight excluding hydrogens is 206 g/mol. The van der Waals surface area contributed by atoms with Crippen molar-refractivity contribution < 1.29 is 0 Å². The van der Waals surface area contributed by atoms with Crippen LogP contribution in [0.5, 0.6) is 0 Å². The molecular formula is C16H27N. The van der Waals surface area contributed by atoms with Gasteiger partial charge in [-0.25, -0.2) is 0 Å². The van der Waals surface area contributed by atoms with Gasteiger partial charge in [-0.3, -0.25) is 0 Å². The normalized spacial score (nSPS) is 14.6. The smallest absolute Gasteiger partial charge is 0.0296 e. The van der Waals surface area contributed by atoms with Crippen molar-refractivity contribution >= 4 is 0 Å². The number of hydrogen-bond donors (Lipinski definition) is 1. The van der Waals surface area contributed by atoms with E-state index in [1.54, 1.807) is 0 Å². The zero-order valence-corrected chi connectivity index (χ0v) is 11.8. The van der Waals surface area contributed by atoms with Crippen LogP contribution in [0.25, 0.3) is 0 Å². The molecule has 1 nitrogen and oxygen atoms in total. The van der Waals surface area contributed by atoms with Gasteiger partial charge in [0, 0.05) is 12.1 Å². The summed E-state index contributed by atoms with van der Waals surface area (Å²) in [6, 6.07) is 9.71. The number of hydrogen-bond acceptors (Lipinski definition) is 1. The molecule has 17 heavy (non-hydrogen) atoms. The van der Waals surface area contributed by atoms with Crippen molar-refractivity contribution in [2.24, 2.45) is 0 Å². The molecule has 1 rings (SSSR count). The van der Waals surface area contributed by atoms with E-state index < -0.39 is 0 Å². The van der Waals surface area contributed by atoms with Crippen LogP contribution in [0.3, 0.4) is 0 Å². The predicted octanol–water partition coefficient (Wildman–Crippen LogP) is 4.61. The zero-order valence-electron chi connectivity index (χ0n) is 11.8. The summed E-state index contributed by atoms with van der Waals surface area (Å²) in [6.45, 7) is 9.01. The third-order valence-corrected chi connectivity index (χ3v) is 3.43. The minimum atomic E-state index is 0.452. The van der Waals surface area contributed by atoms with Crippen molar-refractivity contribution in [1.82, 2.24) is 5.32 Å². The van der Waals surface area contributed by atoms with E-state index in [4.69, 9.17) is 0 Å². The van der Waals surface area contributed by atoms with Gasteiger partial charge in [-0.15, -0.1) is 0 Å². The Morgan fingerprint density at radius 1 is 1.12 bits per heavy atom. The second kappa shape index (κ2) is 7.50. The van der Waals surface area contributed by atoms with Crippen LogP contribution in [0.1, 0.15) is 63.6 Å². The number of nitrogens with one attached hydrogen (secondary N) is 1. The van der Waals surface area contributed by atoms with Crippen molar-refractivity contribution in [2.75, 3.05) is 0 Å². The van der Waals surface area contributed by atoms with Crippen LogP contribution >= 0.6 is 0 Å². The van der Waals surface area contributed by atoms with Crippen LogP contribution in [-0.4, -0.2) is 6.04 Å². The molecule has 0 aliphatic rings. The van der Waals surface area contributed by atoms with E-state index in [2.05, 4.69) is 57.3 Å². The van der Waals surface area contributed by atoms with Gasteiger partial charge in [0.15, 0.2) is 0 Å². The molecule has 1 aromatic rings. The zero-order chi connectivity index (χ0) is 12.7. The molecule has 1 unspecified atom stereocenters. The monoisotopic (exact) mass is 233 g/mol. The SMILES string of the molecule is CCCCCC(C)N[C@@H](C)c1ccccc1C. The summed E-state index contributed by atoms with van der Waals surface area (Å²) in [5.41, 5.74) is 2.81. The van der Waals surface area contributed by atoms with Crippen LogP contribution in [0, 0.1) is 6.92 Å². The van der Waals surface area contributed by atoms with E-state index in [-0.39, 0.29) is 0 Å². The molecule has 0 fully saturated rings. The summed E-state index contributed by atoms with van der Waals surface area (Å²) in [5.74, 6) is 0. The van der Waals surface area contributed by atoms with E-state index in [0.717, 1.165) is 0 Å². The van der Waals surface area contributed by atoms with Crippen molar-refractivity contribution in [2.45, 2.75) is 65.5 Å². The summed E-state index contributed by atoms with van der Waals surface area (Å²) in [7, 11) is 0. The Morgan fingerprint density at radius 2 is 1.82 bits per heavy atom. The summed E-state index contributed by atoms with van der Waals surface area (Å²) >= 11 is 0. The predicted molar refractivity (Wildman–Crippen MR) is 76.3 cm³/mol. The second-order valence-electron chi connectivity index (χ2n) is 5.14. The first-order valence-corrected chi connectivity index (χ1v) is 6.96. The summed E-state index contributed by atoms with van der Waals surface area (Å²) in [6.07, 6.45) is 5.28. The molecule has 2 atom stereocenters. The van der Waals surface area contributed by atoms with Gasteiger partial charge in [0.25, 0.3) is 0 Å². The topological polar surface area (TPSA) is 12.0 Å². The quantitative estimate of drug-likeness (QED) is 0.678. The van der Waals surface area contributed by atoms with Gasteiger partial charge >= 0.3 is 0 Å². The second-order valence-corrected chi connectivity index (χ2v) is 5.14. The molecule has 0 radical (unpaired) electrons. The molecule has 1 heteroatoms. The first-order chi connectivity index (χ1) is 8.15. The minimum Gasteiger partial charge on any atom is -0.308 e. The summed E-state index contributed by atoms with van der Waals surface area (Å²) < 4.78 is 0. The standard InChI is InChI=1S/C16H27N/c1-5-6-7-11-14(3)17-15(4)16-12-9-8-10-13(16)2/h8-10,12,14-15,17H,5-7,11H2,1-4H3/t14?,15-/m0/s1. The van der Waals surface area contributed by atoms with Gasteiger partial charge in [0.1, 0.15) is 0 Å². The molecule has 1 N–H and O–H groups in total. The third kappa shape index (κ3) is 4.91. The average molecular weight is 233 g/mol. The maximum Gasteiger partial charge on any atom is 0.0296 e. The third-order valence-electron chi connectivity index (χ3n) is 3.43. The van der Waals surface area contributed by atoms with Crippen LogP contribution in [-0.2, 0) is 0 Å². The summed E-state index contributed by atoms with van der Waals surface area (Å²) in [5, 5.41) is 3.70. The van der Waals surface area contributed by atoms with E-state index in [0.29, 0.717) is 12.1 Å². The van der Waals surface area contributed by atoms with Crippen LogP contribution in [0.4, 0.5) is 0 Å². The van der Waals surface area contributed by atoms with Crippen molar-refractivity contribution in [1.29, 1.82) is 0 Å². The highest BCUT2D eigenvalue weighted by molar-refractivity contribution is 5.28. The number of rotatable bonds is 7. The Balaban J connectivity index is 2.43. The fraction of sp³-hybridized carbons (Fsp3) is 0.625.